The molecule has 0 aliphatic rings. The number of benzene rings is 3. The Hall–Kier alpha value is -1.61. The molecule has 21 heavy (non-hydrogen) atoms. The largest absolute Gasteiger partial charge is 0.387 e. The Morgan fingerprint density at radius 3 is 2.19 bits per heavy atom. The first-order valence-electron chi connectivity index (χ1n) is 6.99. The highest BCUT2D eigenvalue weighted by molar-refractivity contribution is 6.31. The van der Waals surface area contributed by atoms with E-state index in [0.29, 0.717) is 6.54 Å². The van der Waals surface area contributed by atoms with Crippen molar-refractivity contribution in [1.82, 2.24) is 4.90 Å². The minimum absolute atomic E-state index is 0.487. The van der Waals surface area contributed by atoms with Crippen LogP contribution in [0.2, 0.25) is 5.02 Å². The van der Waals surface area contributed by atoms with Crippen molar-refractivity contribution in [3.63, 3.8) is 0 Å². The highest BCUT2D eigenvalue weighted by atomic mass is 35.5. The number of rotatable bonds is 3. The van der Waals surface area contributed by atoms with Gasteiger partial charge >= 0.3 is 0 Å². The average molecular weight is 300 g/mol. The summed E-state index contributed by atoms with van der Waals surface area (Å²) in [6.45, 7) is 0.608. The lowest BCUT2D eigenvalue weighted by Gasteiger charge is -2.17. The SMILES string of the molecule is CN(C)CC(O)c1ccc2ccc3ccc(Cl)cc3c2c1. The molecule has 0 fully saturated rings. The van der Waals surface area contributed by atoms with Crippen molar-refractivity contribution in [2.75, 3.05) is 20.6 Å². The summed E-state index contributed by atoms with van der Waals surface area (Å²) in [5, 5.41) is 15.6. The number of hydrogen-bond acceptors (Lipinski definition) is 2. The number of likely N-dealkylation sites (N-methyl/N-ethyl adjacent to an activating group) is 1. The zero-order valence-electron chi connectivity index (χ0n) is 12.2. The van der Waals surface area contributed by atoms with Crippen LogP contribution in [0.5, 0.6) is 0 Å². The molecule has 0 aromatic heterocycles. The third-order valence-corrected chi connectivity index (χ3v) is 3.98. The molecular weight excluding hydrogens is 282 g/mol. The van der Waals surface area contributed by atoms with E-state index in [2.05, 4.69) is 24.3 Å². The van der Waals surface area contributed by atoms with Gasteiger partial charge < -0.3 is 10.0 Å². The van der Waals surface area contributed by atoms with Gasteiger partial charge in [-0.15, -0.1) is 0 Å². The van der Waals surface area contributed by atoms with Crippen molar-refractivity contribution in [2.45, 2.75) is 6.10 Å². The molecule has 0 saturated heterocycles. The van der Waals surface area contributed by atoms with Gasteiger partial charge in [-0.25, -0.2) is 0 Å². The third-order valence-electron chi connectivity index (χ3n) is 3.75. The molecule has 1 unspecified atom stereocenters. The standard InChI is InChI=1S/C18H18ClNO/c1-20(2)11-18(21)14-6-5-12-3-4-13-7-8-15(19)10-17(13)16(12)9-14/h3-10,18,21H,11H2,1-2H3. The van der Waals surface area contributed by atoms with Crippen LogP contribution >= 0.6 is 11.6 Å². The van der Waals surface area contributed by atoms with E-state index < -0.39 is 6.10 Å². The minimum Gasteiger partial charge on any atom is -0.387 e. The highest BCUT2D eigenvalue weighted by Gasteiger charge is 2.10. The molecule has 0 spiro atoms. The fourth-order valence-corrected chi connectivity index (χ4v) is 2.87. The number of nitrogens with zero attached hydrogens (tertiary/aromatic N) is 1. The van der Waals surface area contributed by atoms with Crippen LogP contribution in [0.15, 0.2) is 48.5 Å². The van der Waals surface area contributed by atoms with E-state index in [1.807, 2.05) is 43.3 Å². The second kappa shape index (κ2) is 5.64. The van der Waals surface area contributed by atoms with Crippen molar-refractivity contribution >= 4 is 33.1 Å². The number of aliphatic hydroxyl groups excluding tert-OH is 1. The summed E-state index contributed by atoms with van der Waals surface area (Å²) in [6, 6.07) is 16.2. The number of fused-ring (bicyclic) bond motifs is 3. The quantitative estimate of drug-likeness (QED) is 0.731. The number of aliphatic hydroxyl groups is 1. The monoisotopic (exact) mass is 299 g/mol. The molecule has 3 aromatic carbocycles. The zero-order valence-corrected chi connectivity index (χ0v) is 12.9. The molecule has 0 aliphatic heterocycles. The van der Waals surface area contributed by atoms with Crippen molar-refractivity contribution in [3.8, 4) is 0 Å². The molecule has 3 aromatic rings. The lowest BCUT2D eigenvalue weighted by Crippen LogP contribution is -2.19. The topological polar surface area (TPSA) is 23.5 Å². The van der Waals surface area contributed by atoms with Gasteiger partial charge in [0.1, 0.15) is 0 Å². The van der Waals surface area contributed by atoms with Crippen LogP contribution in [0.4, 0.5) is 0 Å². The summed E-state index contributed by atoms with van der Waals surface area (Å²) >= 11 is 6.13. The van der Waals surface area contributed by atoms with E-state index in [1.54, 1.807) is 0 Å². The predicted octanol–water partition coefficient (Wildman–Crippen LogP) is 4.24. The normalized spacial score (nSPS) is 13.2. The Morgan fingerprint density at radius 1 is 0.952 bits per heavy atom. The minimum atomic E-state index is -0.487. The molecule has 0 heterocycles. The molecule has 0 radical (unpaired) electrons. The van der Waals surface area contributed by atoms with Crippen LogP contribution in [0.25, 0.3) is 21.5 Å². The van der Waals surface area contributed by atoms with Gasteiger partial charge in [-0.3, -0.25) is 0 Å². The molecule has 2 nitrogen and oxygen atoms in total. The molecule has 108 valence electrons. The molecule has 0 saturated carbocycles. The highest BCUT2D eigenvalue weighted by Crippen LogP contribution is 2.30. The van der Waals surface area contributed by atoms with E-state index in [9.17, 15) is 5.11 Å². The summed E-state index contributed by atoms with van der Waals surface area (Å²) in [6.07, 6.45) is -0.487. The average Bonchev–Trinajstić information content (AvgIpc) is 2.45. The van der Waals surface area contributed by atoms with E-state index in [0.717, 1.165) is 32.1 Å². The Balaban J connectivity index is 2.18. The fraction of sp³-hybridized carbons (Fsp3) is 0.222. The van der Waals surface area contributed by atoms with E-state index in [1.165, 1.54) is 0 Å². The van der Waals surface area contributed by atoms with Gasteiger partial charge in [-0.2, -0.15) is 0 Å². The maximum atomic E-state index is 10.3. The Kier molecular flexibility index (Phi) is 3.85. The molecule has 3 heteroatoms. The van der Waals surface area contributed by atoms with Crippen LogP contribution in [0.3, 0.4) is 0 Å². The van der Waals surface area contributed by atoms with Crippen LogP contribution in [-0.4, -0.2) is 30.6 Å². The molecule has 0 bridgehead atoms. The predicted molar refractivity (Wildman–Crippen MR) is 90.0 cm³/mol. The van der Waals surface area contributed by atoms with Crippen molar-refractivity contribution in [3.05, 3.63) is 59.1 Å². The summed E-state index contributed by atoms with van der Waals surface area (Å²) in [5.41, 5.74) is 0.934. The second-order valence-electron chi connectivity index (χ2n) is 5.69. The second-order valence-corrected chi connectivity index (χ2v) is 6.13. The van der Waals surface area contributed by atoms with Gasteiger partial charge in [0, 0.05) is 11.6 Å². The molecule has 1 N–H and O–H groups in total. The van der Waals surface area contributed by atoms with Crippen molar-refractivity contribution in [1.29, 1.82) is 0 Å². The van der Waals surface area contributed by atoms with Gasteiger partial charge in [0.05, 0.1) is 6.10 Å². The van der Waals surface area contributed by atoms with Gasteiger partial charge in [0.2, 0.25) is 0 Å². The van der Waals surface area contributed by atoms with Crippen molar-refractivity contribution in [2.24, 2.45) is 0 Å². The van der Waals surface area contributed by atoms with E-state index >= 15 is 0 Å². The summed E-state index contributed by atoms with van der Waals surface area (Å²) in [5.74, 6) is 0. The van der Waals surface area contributed by atoms with Crippen LogP contribution in [0.1, 0.15) is 11.7 Å². The molecule has 3 rings (SSSR count). The molecule has 1 atom stereocenters. The maximum absolute atomic E-state index is 10.3. The lowest BCUT2D eigenvalue weighted by atomic mass is 9.98. The fourth-order valence-electron chi connectivity index (χ4n) is 2.70. The summed E-state index contributed by atoms with van der Waals surface area (Å²) < 4.78 is 0. The van der Waals surface area contributed by atoms with Gasteiger partial charge in [-0.1, -0.05) is 41.9 Å². The summed E-state index contributed by atoms with van der Waals surface area (Å²) in [4.78, 5) is 1.98. The Bertz CT molecular complexity index is 798. The number of halogens is 1. The van der Waals surface area contributed by atoms with Crippen LogP contribution < -0.4 is 0 Å². The molecule has 0 amide bonds. The Labute approximate surface area is 129 Å². The molecule has 0 aliphatic carbocycles. The van der Waals surface area contributed by atoms with Gasteiger partial charge in [-0.05, 0) is 59.4 Å². The molecular formula is C18H18ClNO. The maximum Gasteiger partial charge on any atom is 0.0916 e. The lowest BCUT2D eigenvalue weighted by molar-refractivity contribution is 0.138. The first-order chi connectivity index (χ1) is 10.0. The van der Waals surface area contributed by atoms with Crippen LogP contribution in [0, 0.1) is 0 Å². The van der Waals surface area contributed by atoms with Crippen LogP contribution in [-0.2, 0) is 0 Å². The number of hydrogen-bond donors (Lipinski definition) is 1. The van der Waals surface area contributed by atoms with Gasteiger partial charge in [0.15, 0.2) is 0 Å². The zero-order chi connectivity index (χ0) is 15.0. The first-order valence-corrected chi connectivity index (χ1v) is 7.37. The third kappa shape index (κ3) is 2.88. The smallest absolute Gasteiger partial charge is 0.0916 e. The Morgan fingerprint density at radius 2 is 1.52 bits per heavy atom. The van der Waals surface area contributed by atoms with Gasteiger partial charge in [0.25, 0.3) is 0 Å². The van der Waals surface area contributed by atoms with E-state index in [-0.39, 0.29) is 0 Å². The first kappa shape index (κ1) is 14.3. The van der Waals surface area contributed by atoms with Crippen molar-refractivity contribution < 1.29 is 5.11 Å². The van der Waals surface area contributed by atoms with E-state index in [4.69, 9.17) is 11.6 Å². The summed E-state index contributed by atoms with van der Waals surface area (Å²) in [7, 11) is 3.92.